The van der Waals surface area contributed by atoms with E-state index in [0.717, 1.165) is 6.07 Å². The third-order valence-electron chi connectivity index (χ3n) is 1.54. The van der Waals surface area contributed by atoms with Crippen molar-refractivity contribution in [3.63, 3.8) is 0 Å². The van der Waals surface area contributed by atoms with Crippen LogP contribution in [0.1, 0.15) is 11.4 Å². The Balaban J connectivity index is 3.20. The van der Waals surface area contributed by atoms with Crippen molar-refractivity contribution in [1.29, 1.82) is 5.26 Å². The van der Waals surface area contributed by atoms with Gasteiger partial charge in [0.25, 0.3) is 0 Å². The van der Waals surface area contributed by atoms with E-state index in [1.807, 2.05) is 0 Å². The van der Waals surface area contributed by atoms with Gasteiger partial charge in [0.05, 0.1) is 5.69 Å². The summed E-state index contributed by atoms with van der Waals surface area (Å²) in [5.41, 5.74) is 5.11. The molecule has 0 spiro atoms. The van der Waals surface area contributed by atoms with Crippen molar-refractivity contribution in [2.75, 3.05) is 0 Å². The van der Waals surface area contributed by atoms with Crippen molar-refractivity contribution >= 4 is 15.9 Å². The molecular formula is C8H5BrF3N3O. The minimum atomic E-state index is -4.86. The Morgan fingerprint density at radius 1 is 1.56 bits per heavy atom. The summed E-state index contributed by atoms with van der Waals surface area (Å²) in [7, 11) is 0. The van der Waals surface area contributed by atoms with Crippen LogP contribution in [0, 0.1) is 11.3 Å². The molecule has 86 valence electrons. The predicted octanol–water partition coefficient (Wildman–Crippen LogP) is 2.07. The highest BCUT2D eigenvalue weighted by Crippen LogP contribution is 2.29. The van der Waals surface area contributed by atoms with Gasteiger partial charge in [0.15, 0.2) is 11.4 Å². The highest BCUT2D eigenvalue weighted by molar-refractivity contribution is 9.10. The molecule has 0 radical (unpaired) electrons. The number of aromatic nitrogens is 1. The standard InChI is InChI=1S/C8H5BrF3N3O/c9-4-1-7(16-8(10,11)12)6(3-14)15-5(4)2-13/h1H,2,13H2. The van der Waals surface area contributed by atoms with Crippen molar-refractivity contribution in [3.05, 3.63) is 21.9 Å². The average Bonchev–Trinajstić information content (AvgIpc) is 2.16. The highest BCUT2D eigenvalue weighted by Gasteiger charge is 2.32. The summed E-state index contributed by atoms with van der Waals surface area (Å²) in [4.78, 5) is 3.64. The van der Waals surface area contributed by atoms with E-state index in [-0.39, 0.29) is 16.7 Å². The second kappa shape index (κ2) is 4.67. The molecule has 1 aromatic rings. The molecule has 0 amide bonds. The number of nitriles is 1. The van der Waals surface area contributed by atoms with Crippen LogP contribution in [0.5, 0.6) is 5.75 Å². The molecule has 0 saturated carbocycles. The van der Waals surface area contributed by atoms with E-state index < -0.39 is 17.8 Å². The third-order valence-corrected chi connectivity index (χ3v) is 2.23. The Morgan fingerprint density at radius 3 is 2.62 bits per heavy atom. The van der Waals surface area contributed by atoms with Crippen LogP contribution in [0.25, 0.3) is 0 Å². The van der Waals surface area contributed by atoms with E-state index in [9.17, 15) is 13.2 Å². The zero-order chi connectivity index (χ0) is 12.3. The fraction of sp³-hybridized carbons (Fsp3) is 0.250. The summed E-state index contributed by atoms with van der Waals surface area (Å²) in [6, 6.07) is 2.52. The SMILES string of the molecule is N#Cc1nc(CN)c(Br)cc1OC(F)(F)F. The molecule has 0 aliphatic heterocycles. The van der Waals surface area contributed by atoms with E-state index in [2.05, 4.69) is 25.7 Å². The Hall–Kier alpha value is -1.33. The van der Waals surface area contributed by atoms with E-state index in [1.165, 1.54) is 6.07 Å². The van der Waals surface area contributed by atoms with Gasteiger partial charge in [-0.2, -0.15) is 5.26 Å². The van der Waals surface area contributed by atoms with Crippen LogP contribution in [0.3, 0.4) is 0 Å². The smallest absolute Gasteiger partial charge is 0.403 e. The van der Waals surface area contributed by atoms with Gasteiger partial charge in [0.1, 0.15) is 6.07 Å². The first-order valence-corrected chi connectivity index (χ1v) is 4.72. The van der Waals surface area contributed by atoms with Crippen molar-refractivity contribution < 1.29 is 17.9 Å². The molecule has 0 aromatic carbocycles. The van der Waals surface area contributed by atoms with Crippen molar-refractivity contribution in [2.45, 2.75) is 12.9 Å². The number of nitrogens with two attached hydrogens (primary N) is 1. The molecule has 0 fully saturated rings. The number of pyridine rings is 1. The van der Waals surface area contributed by atoms with Crippen molar-refractivity contribution in [2.24, 2.45) is 5.73 Å². The number of hydrogen-bond acceptors (Lipinski definition) is 4. The van der Waals surface area contributed by atoms with Crippen LogP contribution in [0.2, 0.25) is 0 Å². The minimum absolute atomic E-state index is 0.00155. The predicted molar refractivity (Wildman–Crippen MR) is 51.2 cm³/mol. The lowest BCUT2D eigenvalue weighted by Gasteiger charge is -2.11. The maximum Gasteiger partial charge on any atom is 0.573 e. The zero-order valence-corrected chi connectivity index (χ0v) is 9.26. The van der Waals surface area contributed by atoms with Crippen molar-refractivity contribution in [3.8, 4) is 11.8 Å². The van der Waals surface area contributed by atoms with E-state index in [4.69, 9.17) is 11.0 Å². The highest BCUT2D eigenvalue weighted by atomic mass is 79.9. The van der Waals surface area contributed by atoms with Crippen LogP contribution < -0.4 is 10.5 Å². The van der Waals surface area contributed by atoms with Crippen LogP contribution in [0.4, 0.5) is 13.2 Å². The van der Waals surface area contributed by atoms with E-state index in [1.54, 1.807) is 0 Å². The largest absolute Gasteiger partial charge is 0.573 e. The summed E-state index contributed by atoms with van der Waals surface area (Å²) in [5.74, 6) is -0.654. The number of alkyl halides is 3. The summed E-state index contributed by atoms with van der Waals surface area (Å²) >= 11 is 2.98. The molecule has 0 unspecified atom stereocenters. The molecule has 0 aliphatic rings. The van der Waals surface area contributed by atoms with Crippen LogP contribution in [-0.2, 0) is 6.54 Å². The van der Waals surface area contributed by atoms with E-state index >= 15 is 0 Å². The first-order chi connectivity index (χ1) is 7.37. The van der Waals surface area contributed by atoms with Gasteiger partial charge in [-0.3, -0.25) is 0 Å². The van der Waals surface area contributed by atoms with Crippen LogP contribution >= 0.6 is 15.9 Å². The van der Waals surface area contributed by atoms with Gasteiger partial charge in [-0.25, -0.2) is 4.98 Å². The molecule has 4 nitrogen and oxygen atoms in total. The maximum atomic E-state index is 12.0. The Bertz CT molecular complexity index is 441. The lowest BCUT2D eigenvalue weighted by molar-refractivity contribution is -0.274. The molecule has 1 rings (SSSR count). The Kier molecular flexibility index (Phi) is 3.72. The number of hydrogen-bond donors (Lipinski definition) is 1. The lowest BCUT2D eigenvalue weighted by Crippen LogP contribution is -2.18. The van der Waals surface area contributed by atoms with Crippen LogP contribution in [-0.4, -0.2) is 11.3 Å². The molecular weight excluding hydrogens is 291 g/mol. The summed E-state index contributed by atoms with van der Waals surface area (Å²) < 4.78 is 39.8. The number of rotatable bonds is 2. The molecule has 1 aromatic heterocycles. The summed E-state index contributed by atoms with van der Waals surface area (Å²) in [6.07, 6.45) is -4.86. The minimum Gasteiger partial charge on any atom is -0.403 e. The normalized spacial score (nSPS) is 11.0. The number of ether oxygens (including phenoxy) is 1. The fourth-order valence-corrected chi connectivity index (χ4v) is 1.39. The van der Waals surface area contributed by atoms with Gasteiger partial charge in [0.2, 0.25) is 0 Å². The third kappa shape index (κ3) is 3.08. The zero-order valence-electron chi connectivity index (χ0n) is 7.68. The number of nitrogens with zero attached hydrogens (tertiary/aromatic N) is 2. The topological polar surface area (TPSA) is 71.9 Å². The molecule has 0 bridgehead atoms. The average molecular weight is 296 g/mol. The molecule has 0 atom stereocenters. The second-order valence-electron chi connectivity index (χ2n) is 2.63. The molecule has 8 heteroatoms. The van der Waals surface area contributed by atoms with Gasteiger partial charge in [-0.15, -0.1) is 13.2 Å². The fourth-order valence-electron chi connectivity index (χ4n) is 0.936. The monoisotopic (exact) mass is 295 g/mol. The molecule has 2 N–H and O–H groups in total. The second-order valence-corrected chi connectivity index (χ2v) is 3.48. The molecule has 16 heavy (non-hydrogen) atoms. The quantitative estimate of drug-likeness (QED) is 0.907. The number of halogens is 4. The van der Waals surface area contributed by atoms with Gasteiger partial charge < -0.3 is 10.5 Å². The van der Waals surface area contributed by atoms with Gasteiger partial charge >= 0.3 is 6.36 Å². The summed E-state index contributed by atoms with van der Waals surface area (Å²) in [6.45, 7) is 0.00155. The Labute approximate surface area is 97.0 Å². The molecule has 1 heterocycles. The first-order valence-electron chi connectivity index (χ1n) is 3.92. The van der Waals surface area contributed by atoms with Crippen LogP contribution in [0.15, 0.2) is 10.5 Å². The first kappa shape index (κ1) is 12.7. The van der Waals surface area contributed by atoms with Crippen molar-refractivity contribution in [1.82, 2.24) is 4.98 Å². The summed E-state index contributed by atoms with van der Waals surface area (Å²) in [5, 5.41) is 8.61. The van der Waals surface area contributed by atoms with E-state index in [0.29, 0.717) is 0 Å². The maximum absolute atomic E-state index is 12.0. The van der Waals surface area contributed by atoms with Gasteiger partial charge in [-0.05, 0) is 22.0 Å². The van der Waals surface area contributed by atoms with Gasteiger partial charge in [0, 0.05) is 11.0 Å². The molecule has 0 saturated heterocycles. The lowest BCUT2D eigenvalue weighted by atomic mass is 10.3. The van der Waals surface area contributed by atoms with Gasteiger partial charge in [-0.1, -0.05) is 0 Å². The Morgan fingerprint density at radius 2 is 2.19 bits per heavy atom. The molecule has 0 aliphatic carbocycles.